The Morgan fingerprint density at radius 3 is 2.45 bits per heavy atom. The molecule has 1 atom stereocenters. The van der Waals surface area contributed by atoms with E-state index in [0.717, 1.165) is 29.9 Å². The number of piperidine rings is 1. The zero-order valence-electron chi connectivity index (χ0n) is 21.4. The summed E-state index contributed by atoms with van der Waals surface area (Å²) in [6, 6.07) is 8.08. The lowest BCUT2D eigenvalue weighted by molar-refractivity contribution is -0.261. The molecule has 208 valence electrons. The Hall–Kier alpha value is -3.05. The highest BCUT2D eigenvalue weighted by atomic mass is 35.5. The van der Waals surface area contributed by atoms with Crippen molar-refractivity contribution in [3.8, 4) is 5.75 Å². The van der Waals surface area contributed by atoms with Crippen LogP contribution in [0.15, 0.2) is 36.4 Å². The van der Waals surface area contributed by atoms with Crippen LogP contribution in [0.2, 0.25) is 5.15 Å². The van der Waals surface area contributed by atoms with E-state index in [1.165, 1.54) is 33.4 Å². The van der Waals surface area contributed by atoms with Gasteiger partial charge >= 0.3 is 12.1 Å². The highest BCUT2D eigenvalue weighted by Gasteiger charge is 2.61. The van der Waals surface area contributed by atoms with Crippen molar-refractivity contribution in [3.63, 3.8) is 0 Å². The third kappa shape index (κ3) is 6.32. The molecule has 1 saturated heterocycles. The molecule has 1 aliphatic rings. The number of carbonyl (C=O) groups is 2. The van der Waals surface area contributed by atoms with Crippen molar-refractivity contribution in [1.82, 2.24) is 9.88 Å². The molecule has 1 fully saturated rings. The van der Waals surface area contributed by atoms with E-state index in [0.29, 0.717) is 37.7 Å². The number of alkyl halides is 3. The van der Waals surface area contributed by atoms with E-state index in [9.17, 15) is 27.9 Å². The van der Waals surface area contributed by atoms with Crippen LogP contribution in [-0.4, -0.2) is 73.9 Å². The molecule has 0 saturated carbocycles. The summed E-state index contributed by atoms with van der Waals surface area (Å²) in [7, 11) is 3.81. The molecule has 0 spiro atoms. The fourth-order valence-electron chi connectivity index (χ4n) is 4.57. The van der Waals surface area contributed by atoms with Crippen molar-refractivity contribution in [1.29, 1.82) is 0 Å². The second-order valence-corrected chi connectivity index (χ2v) is 9.60. The first kappa shape index (κ1) is 29.5. The van der Waals surface area contributed by atoms with Gasteiger partial charge in [0, 0.05) is 32.2 Å². The lowest BCUT2D eigenvalue weighted by Gasteiger charge is -2.34. The Kier molecular flexibility index (Phi) is 9.48. The summed E-state index contributed by atoms with van der Waals surface area (Å²) in [6.45, 7) is 1.46. The van der Waals surface area contributed by atoms with Crippen LogP contribution < -0.4 is 9.64 Å². The monoisotopic (exact) mass is 557 g/mol. The molecule has 0 radical (unpaired) electrons. The zero-order valence-corrected chi connectivity index (χ0v) is 22.2. The number of ether oxygens (including phenoxy) is 2. The fraction of sp³-hybridized carbons (Fsp3) is 0.500. The lowest BCUT2D eigenvalue weighted by atomic mass is 9.90. The van der Waals surface area contributed by atoms with Crippen LogP contribution in [0.3, 0.4) is 0 Å². The van der Waals surface area contributed by atoms with Crippen LogP contribution in [0.25, 0.3) is 0 Å². The Morgan fingerprint density at radius 1 is 1.18 bits per heavy atom. The predicted molar refractivity (Wildman–Crippen MR) is 135 cm³/mol. The van der Waals surface area contributed by atoms with E-state index in [2.05, 4.69) is 14.6 Å². The van der Waals surface area contributed by atoms with Gasteiger partial charge in [0.15, 0.2) is 0 Å². The molecule has 38 heavy (non-hydrogen) atoms. The van der Waals surface area contributed by atoms with E-state index in [1.54, 1.807) is 12.1 Å². The average molecular weight is 558 g/mol. The van der Waals surface area contributed by atoms with Gasteiger partial charge in [0.25, 0.3) is 11.5 Å². The van der Waals surface area contributed by atoms with Crippen molar-refractivity contribution < 1.29 is 37.3 Å². The van der Waals surface area contributed by atoms with Gasteiger partial charge in [-0.25, -0.2) is 9.78 Å². The number of hydrogen-bond donors (Lipinski definition) is 1. The molecule has 12 heteroatoms. The van der Waals surface area contributed by atoms with Crippen LogP contribution in [0.4, 0.5) is 19.0 Å². The van der Waals surface area contributed by atoms with E-state index < -0.39 is 29.2 Å². The molecular formula is C26H31ClF3N3O5. The van der Waals surface area contributed by atoms with E-state index in [1.807, 2.05) is 0 Å². The van der Waals surface area contributed by atoms with Crippen LogP contribution in [-0.2, 0) is 15.1 Å². The first-order chi connectivity index (χ1) is 17.9. The summed E-state index contributed by atoms with van der Waals surface area (Å²) in [5.41, 5.74) is -4.09. The largest absolute Gasteiger partial charge is 0.497 e. The number of carbonyl (C=O) groups excluding carboxylic acids is 2. The van der Waals surface area contributed by atoms with Crippen LogP contribution in [0, 0.1) is 5.92 Å². The second-order valence-electron chi connectivity index (χ2n) is 9.24. The molecule has 1 aromatic heterocycles. The van der Waals surface area contributed by atoms with Gasteiger partial charge in [0.2, 0.25) is 0 Å². The molecule has 8 nitrogen and oxygen atoms in total. The third-order valence-corrected chi connectivity index (χ3v) is 7.13. The lowest BCUT2D eigenvalue weighted by Crippen LogP contribution is -2.55. The molecule has 1 amide bonds. The summed E-state index contributed by atoms with van der Waals surface area (Å²) in [5, 5.41) is 10.7. The van der Waals surface area contributed by atoms with E-state index in [-0.39, 0.29) is 23.0 Å². The van der Waals surface area contributed by atoms with Gasteiger partial charge in [0.1, 0.15) is 16.7 Å². The standard InChI is InChI=1S/C26H31ClF3N3O5/c1-32(24(35)25(36,26(28,29)30)18-7-4-8-19(16-18)37-2)13-5-6-17-11-14-33(15-12-17)21-10-9-20(22(27)31-21)23(34)38-3/h4,7-10,16-17,36H,5-6,11-15H2,1-3H3. The summed E-state index contributed by atoms with van der Waals surface area (Å²) in [6.07, 6.45) is -2.37. The number of hydrogen-bond acceptors (Lipinski definition) is 7. The molecule has 0 bridgehead atoms. The number of anilines is 1. The van der Waals surface area contributed by atoms with Gasteiger partial charge in [-0.3, -0.25) is 4.79 Å². The van der Waals surface area contributed by atoms with Gasteiger partial charge in [0.05, 0.1) is 19.8 Å². The normalized spacial score (nSPS) is 16.1. The minimum absolute atomic E-state index is 0.0631. The number of pyridine rings is 1. The van der Waals surface area contributed by atoms with Crippen molar-refractivity contribution in [2.75, 3.05) is 45.8 Å². The Labute approximate surface area is 224 Å². The Bertz CT molecular complexity index is 1140. The van der Waals surface area contributed by atoms with Crippen molar-refractivity contribution in [3.05, 3.63) is 52.7 Å². The highest BCUT2D eigenvalue weighted by molar-refractivity contribution is 6.32. The summed E-state index contributed by atoms with van der Waals surface area (Å²) in [4.78, 5) is 31.8. The van der Waals surface area contributed by atoms with Gasteiger partial charge in [-0.05, 0) is 55.9 Å². The van der Waals surface area contributed by atoms with Gasteiger partial charge in [-0.2, -0.15) is 13.2 Å². The van der Waals surface area contributed by atoms with Gasteiger partial charge < -0.3 is 24.4 Å². The molecule has 1 N–H and O–H groups in total. The van der Waals surface area contributed by atoms with Gasteiger partial charge in [-0.1, -0.05) is 23.7 Å². The van der Waals surface area contributed by atoms with E-state index in [4.69, 9.17) is 16.3 Å². The van der Waals surface area contributed by atoms with Gasteiger partial charge in [-0.15, -0.1) is 0 Å². The first-order valence-corrected chi connectivity index (χ1v) is 12.5. The summed E-state index contributed by atoms with van der Waals surface area (Å²) in [5.74, 6) is -0.932. The first-order valence-electron chi connectivity index (χ1n) is 12.1. The minimum Gasteiger partial charge on any atom is -0.497 e. The van der Waals surface area contributed by atoms with Crippen molar-refractivity contribution >= 4 is 29.3 Å². The Morgan fingerprint density at radius 2 is 1.87 bits per heavy atom. The maximum Gasteiger partial charge on any atom is 0.430 e. The number of benzene rings is 1. The number of methoxy groups -OCH3 is 2. The van der Waals surface area contributed by atoms with Crippen molar-refractivity contribution in [2.45, 2.75) is 37.5 Å². The number of rotatable bonds is 9. The Balaban J connectivity index is 1.55. The molecule has 1 unspecified atom stereocenters. The summed E-state index contributed by atoms with van der Waals surface area (Å²) < 4.78 is 51.5. The average Bonchev–Trinajstić information content (AvgIpc) is 2.91. The summed E-state index contributed by atoms with van der Waals surface area (Å²) >= 11 is 6.12. The third-order valence-electron chi connectivity index (χ3n) is 6.84. The highest BCUT2D eigenvalue weighted by Crippen LogP contribution is 2.41. The van der Waals surface area contributed by atoms with Crippen LogP contribution in [0.5, 0.6) is 5.75 Å². The number of amides is 1. The molecule has 2 heterocycles. The quantitative estimate of drug-likeness (QED) is 0.360. The minimum atomic E-state index is -5.22. The smallest absolute Gasteiger partial charge is 0.430 e. The van der Waals surface area contributed by atoms with Crippen molar-refractivity contribution in [2.24, 2.45) is 5.92 Å². The molecule has 0 aliphatic carbocycles. The number of nitrogens with zero attached hydrogens (tertiary/aromatic N) is 3. The molecular weight excluding hydrogens is 527 g/mol. The maximum atomic E-state index is 14.0. The fourth-order valence-corrected chi connectivity index (χ4v) is 4.79. The number of aliphatic hydroxyl groups is 1. The molecule has 1 aromatic carbocycles. The zero-order chi connectivity index (χ0) is 28.1. The number of esters is 1. The number of aromatic nitrogens is 1. The van der Waals surface area contributed by atoms with E-state index >= 15 is 0 Å². The van der Waals surface area contributed by atoms with Crippen LogP contribution in [0.1, 0.15) is 41.6 Å². The molecule has 1 aliphatic heterocycles. The SMILES string of the molecule is COC(=O)c1ccc(N2CCC(CCCN(C)C(=O)C(O)(c3cccc(OC)c3)C(F)(F)F)CC2)nc1Cl. The predicted octanol–water partition coefficient (Wildman–Crippen LogP) is 4.44. The number of halogens is 4. The maximum absolute atomic E-state index is 14.0. The topological polar surface area (TPSA) is 92.2 Å². The second kappa shape index (κ2) is 12.2. The number of likely N-dealkylation sites (N-methyl/N-ethyl adjacent to an activating group) is 1. The molecule has 2 aromatic rings. The van der Waals surface area contributed by atoms with Crippen LogP contribution >= 0.6 is 11.6 Å². The molecule has 3 rings (SSSR count).